The molecule has 1 aromatic heterocycles. The Morgan fingerprint density at radius 1 is 1.50 bits per heavy atom. The molecule has 0 saturated carbocycles. The summed E-state index contributed by atoms with van der Waals surface area (Å²) in [5.74, 6) is 0.920. The Labute approximate surface area is 99.9 Å². The summed E-state index contributed by atoms with van der Waals surface area (Å²) in [5.41, 5.74) is 1.95. The van der Waals surface area contributed by atoms with E-state index in [2.05, 4.69) is 9.97 Å². The molecular formula is C11H15ClN2O2. The van der Waals surface area contributed by atoms with Crippen molar-refractivity contribution in [2.24, 2.45) is 0 Å². The Kier molecular flexibility index (Phi) is 3.74. The zero-order valence-electron chi connectivity index (χ0n) is 9.49. The molecule has 0 saturated heterocycles. The fraction of sp³-hybridized carbons (Fsp3) is 0.636. The minimum Gasteiger partial charge on any atom is -0.384 e. The zero-order valence-corrected chi connectivity index (χ0v) is 10.3. The van der Waals surface area contributed by atoms with E-state index >= 15 is 0 Å². The van der Waals surface area contributed by atoms with Crippen molar-refractivity contribution in [3.05, 3.63) is 22.2 Å². The third-order valence-corrected chi connectivity index (χ3v) is 2.96. The molecule has 5 heteroatoms. The molecule has 2 rings (SSSR count). The fourth-order valence-corrected chi connectivity index (χ4v) is 2.01. The Morgan fingerprint density at radius 2 is 2.31 bits per heavy atom. The van der Waals surface area contributed by atoms with Gasteiger partial charge in [0.2, 0.25) is 0 Å². The average Bonchev–Trinajstić information content (AvgIpc) is 2.29. The third-order valence-electron chi connectivity index (χ3n) is 2.65. The Hall–Kier alpha value is -0.710. The second-order valence-corrected chi connectivity index (χ2v) is 4.31. The standard InChI is InChI=1S/C11H15ClN2O2/c1-7(5-15-2)11-13-9-3-4-16-6-8(9)10(12)14-11/h7H,3-6H2,1-2H3. The molecule has 1 aliphatic rings. The third kappa shape index (κ3) is 2.34. The van der Waals surface area contributed by atoms with Crippen molar-refractivity contribution in [1.29, 1.82) is 0 Å². The maximum atomic E-state index is 6.12. The number of aromatic nitrogens is 2. The van der Waals surface area contributed by atoms with Crippen molar-refractivity contribution < 1.29 is 9.47 Å². The molecule has 16 heavy (non-hydrogen) atoms. The number of hydrogen-bond donors (Lipinski definition) is 0. The molecule has 1 unspecified atom stereocenters. The van der Waals surface area contributed by atoms with E-state index < -0.39 is 0 Å². The van der Waals surface area contributed by atoms with Gasteiger partial charge in [-0.3, -0.25) is 0 Å². The number of hydrogen-bond acceptors (Lipinski definition) is 4. The van der Waals surface area contributed by atoms with Crippen molar-refractivity contribution in [2.45, 2.75) is 25.9 Å². The van der Waals surface area contributed by atoms with Crippen LogP contribution < -0.4 is 0 Å². The van der Waals surface area contributed by atoms with Crippen molar-refractivity contribution in [1.82, 2.24) is 9.97 Å². The molecule has 0 N–H and O–H groups in total. The lowest BCUT2D eigenvalue weighted by molar-refractivity contribution is 0.108. The predicted molar refractivity (Wildman–Crippen MR) is 60.7 cm³/mol. The highest BCUT2D eigenvalue weighted by Gasteiger charge is 2.19. The summed E-state index contributed by atoms with van der Waals surface area (Å²) in [6.45, 7) is 3.86. The van der Waals surface area contributed by atoms with E-state index in [1.165, 1.54) is 0 Å². The van der Waals surface area contributed by atoms with Crippen LogP contribution in [-0.2, 0) is 22.5 Å². The quantitative estimate of drug-likeness (QED) is 0.760. The first kappa shape index (κ1) is 11.8. The monoisotopic (exact) mass is 242 g/mol. The van der Waals surface area contributed by atoms with Crippen LogP contribution in [0.15, 0.2) is 0 Å². The van der Waals surface area contributed by atoms with Crippen LogP contribution >= 0.6 is 11.6 Å². The van der Waals surface area contributed by atoms with Gasteiger partial charge in [-0.05, 0) is 0 Å². The van der Waals surface area contributed by atoms with Gasteiger partial charge in [0.05, 0.1) is 25.5 Å². The summed E-state index contributed by atoms with van der Waals surface area (Å²) in [5, 5.41) is 0.516. The first-order chi connectivity index (χ1) is 7.72. The molecule has 0 bridgehead atoms. The summed E-state index contributed by atoms with van der Waals surface area (Å²) in [6, 6.07) is 0. The Morgan fingerprint density at radius 3 is 3.06 bits per heavy atom. The van der Waals surface area contributed by atoms with Crippen LogP contribution in [0.2, 0.25) is 5.15 Å². The van der Waals surface area contributed by atoms with Gasteiger partial charge in [0.15, 0.2) is 0 Å². The van der Waals surface area contributed by atoms with E-state index in [1.54, 1.807) is 7.11 Å². The van der Waals surface area contributed by atoms with Crippen LogP contribution in [0.5, 0.6) is 0 Å². The molecule has 0 aliphatic carbocycles. The second-order valence-electron chi connectivity index (χ2n) is 3.96. The SMILES string of the molecule is COCC(C)c1nc(Cl)c2c(n1)CCOC2. The van der Waals surface area contributed by atoms with Crippen molar-refractivity contribution in [3.63, 3.8) is 0 Å². The van der Waals surface area contributed by atoms with E-state index in [0.29, 0.717) is 25.0 Å². The summed E-state index contributed by atoms with van der Waals surface area (Å²) in [4.78, 5) is 8.84. The Balaban J connectivity index is 2.31. The number of nitrogens with zero attached hydrogens (tertiary/aromatic N) is 2. The smallest absolute Gasteiger partial charge is 0.138 e. The van der Waals surface area contributed by atoms with E-state index in [9.17, 15) is 0 Å². The second kappa shape index (κ2) is 5.08. The molecule has 0 radical (unpaired) electrons. The average molecular weight is 243 g/mol. The number of halogens is 1. The van der Waals surface area contributed by atoms with Crippen LogP contribution in [0.1, 0.15) is 29.9 Å². The fourth-order valence-electron chi connectivity index (χ4n) is 1.76. The maximum Gasteiger partial charge on any atom is 0.138 e. The van der Waals surface area contributed by atoms with Gasteiger partial charge in [-0.2, -0.15) is 0 Å². The van der Waals surface area contributed by atoms with Crippen LogP contribution in [0, 0.1) is 0 Å². The van der Waals surface area contributed by atoms with Crippen molar-refractivity contribution >= 4 is 11.6 Å². The highest BCUT2D eigenvalue weighted by Crippen LogP contribution is 2.24. The van der Waals surface area contributed by atoms with Gasteiger partial charge in [-0.25, -0.2) is 9.97 Å². The summed E-state index contributed by atoms with van der Waals surface area (Å²) < 4.78 is 10.4. The van der Waals surface area contributed by atoms with Crippen LogP contribution in [0.3, 0.4) is 0 Å². The largest absolute Gasteiger partial charge is 0.384 e. The van der Waals surface area contributed by atoms with E-state index in [1.807, 2.05) is 6.92 Å². The predicted octanol–water partition coefficient (Wildman–Crippen LogP) is 1.95. The summed E-state index contributed by atoms with van der Waals surface area (Å²) >= 11 is 6.12. The lowest BCUT2D eigenvalue weighted by atomic mass is 10.1. The molecule has 1 aliphatic heterocycles. The normalized spacial score (nSPS) is 16.9. The van der Waals surface area contributed by atoms with E-state index in [-0.39, 0.29) is 5.92 Å². The number of rotatable bonds is 3. The van der Waals surface area contributed by atoms with E-state index in [0.717, 1.165) is 23.5 Å². The molecule has 1 atom stereocenters. The zero-order chi connectivity index (χ0) is 11.5. The first-order valence-corrected chi connectivity index (χ1v) is 5.72. The molecule has 0 aromatic carbocycles. The number of methoxy groups -OCH3 is 1. The molecule has 88 valence electrons. The van der Waals surface area contributed by atoms with Crippen LogP contribution in [0.4, 0.5) is 0 Å². The highest BCUT2D eigenvalue weighted by molar-refractivity contribution is 6.30. The summed E-state index contributed by atoms with van der Waals surface area (Å²) in [6.07, 6.45) is 0.810. The summed E-state index contributed by atoms with van der Waals surface area (Å²) in [7, 11) is 1.67. The lowest BCUT2D eigenvalue weighted by Crippen LogP contribution is -2.17. The van der Waals surface area contributed by atoms with Gasteiger partial charge in [0.1, 0.15) is 11.0 Å². The maximum absolute atomic E-state index is 6.12. The van der Waals surface area contributed by atoms with Gasteiger partial charge in [0.25, 0.3) is 0 Å². The van der Waals surface area contributed by atoms with Gasteiger partial charge in [-0.1, -0.05) is 18.5 Å². The highest BCUT2D eigenvalue weighted by atomic mass is 35.5. The molecule has 1 aromatic rings. The van der Waals surface area contributed by atoms with E-state index in [4.69, 9.17) is 21.1 Å². The minimum absolute atomic E-state index is 0.163. The molecule has 4 nitrogen and oxygen atoms in total. The minimum atomic E-state index is 0.163. The van der Waals surface area contributed by atoms with Gasteiger partial charge in [-0.15, -0.1) is 0 Å². The molecule has 0 spiro atoms. The number of fused-ring (bicyclic) bond motifs is 1. The molecule has 0 fully saturated rings. The van der Waals surface area contributed by atoms with Crippen LogP contribution in [-0.4, -0.2) is 30.3 Å². The first-order valence-electron chi connectivity index (χ1n) is 5.34. The molecule has 0 amide bonds. The van der Waals surface area contributed by atoms with Crippen LogP contribution in [0.25, 0.3) is 0 Å². The lowest BCUT2D eigenvalue weighted by Gasteiger charge is -2.18. The van der Waals surface area contributed by atoms with Gasteiger partial charge >= 0.3 is 0 Å². The Bertz CT molecular complexity index is 384. The molecule has 2 heterocycles. The van der Waals surface area contributed by atoms with Gasteiger partial charge < -0.3 is 9.47 Å². The topological polar surface area (TPSA) is 44.2 Å². The van der Waals surface area contributed by atoms with Gasteiger partial charge in [0, 0.05) is 25.0 Å². The molecular weight excluding hydrogens is 228 g/mol. The van der Waals surface area contributed by atoms with Crippen molar-refractivity contribution in [2.75, 3.05) is 20.3 Å². The van der Waals surface area contributed by atoms with Crippen molar-refractivity contribution in [3.8, 4) is 0 Å². The number of ether oxygens (including phenoxy) is 2.